The van der Waals surface area contributed by atoms with Crippen LogP contribution in [0, 0.1) is 17.0 Å². The number of aryl methyl sites for hydroxylation is 1. The minimum atomic E-state index is -3.60. The molecule has 0 saturated carbocycles. The summed E-state index contributed by atoms with van der Waals surface area (Å²) in [5.41, 5.74) is 1.75. The molecule has 1 aliphatic rings. The minimum absolute atomic E-state index is 0.00638. The van der Waals surface area contributed by atoms with Gasteiger partial charge in [-0.25, -0.2) is 8.42 Å². The summed E-state index contributed by atoms with van der Waals surface area (Å²) in [5.74, 6) is 0. The molecule has 0 aliphatic carbocycles. The Labute approximate surface area is 154 Å². The van der Waals surface area contributed by atoms with Crippen LogP contribution in [0.15, 0.2) is 53.4 Å². The van der Waals surface area contributed by atoms with Crippen molar-refractivity contribution in [2.45, 2.75) is 43.2 Å². The quantitative estimate of drug-likeness (QED) is 0.336. The van der Waals surface area contributed by atoms with Crippen LogP contribution in [0.25, 0.3) is 0 Å². The SMILES string of the molecule is Cc1ccc(S(=O)(=O)N2[C@H]([Si](C)(C)C)[C@@H]2c2ccc([N+](=O)[O-])cc2)cc1. The average molecular weight is 391 g/mol. The van der Waals surface area contributed by atoms with Crippen molar-refractivity contribution in [3.63, 3.8) is 0 Å². The molecule has 1 fully saturated rings. The number of benzene rings is 2. The predicted molar refractivity (Wildman–Crippen MR) is 103 cm³/mol. The Morgan fingerprint density at radius 3 is 2.00 bits per heavy atom. The maximum absolute atomic E-state index is 13.2. The molecule has 138 valence electrons. The molecule has 0 radical (unpaired) electrons. The fraction of sp³-hybridized carbons (Fsp3) is 0.333. The van der Waals surface area contributed by atoms with Gasteiger partial charge in [0.05, 0.1) is 23.9 Å². The Morgan fingerprint density at radius 1 is 1.00 bits per heavy atom. The summed E-state index contributed by atoms with van der Waals surface area (Å²) < 4.78 is 27.9. The Kier molecular flexibility index (Phi) is 4.54. The third kappa shape index (κ3) is 3.32. The fourth-order valence-corrected chi connectivity index (χ4v) is 8.55. The largest absolute Gasteiger partial charge is 0.269 e. The molecule has 0 amide bonds. The molecule has 2 aromatic rings. The van der Waals surface area contributed by atoms with E-state index in [1.165, 1.54) is 12.1 Å². The van der Waals surface area contributed by atoms with Crippen molar-refractivity contribution in [2.24, 2.45) is 0 Å². The monoisotopic (exact) mass is 390 g/mol. The molecule has 1 heterocycles. The van der Waals surface area contributed by atoms with Crippen LogP contribution in [0.1, 0.15) is 17.2 Å². The molecule has 1 saturated heterocycles. The van der Waals surface area contributed by atoms with E-state index < -0.39 is 23.0 Å². The molecule has 2 aromatic carbocycles. The van der Waals surface area contributed by atoms with Crippen LogP contribution in [-0.2, 0) is 10.0 Å². The maximum Gasteiger partial charge on any atom is 0.269 e. The van der Waals surface area contributed by atoms with E-state index in [1.807, 2.05) is 6.92 Å². The van der Waals surface area contributed by atoms with Crippen molar-refractivity contribution in [3.8, 4) is 0 Å². The Balaban J connectivity index is 1.99. The second kappa shape index (κ2) is 6.29. The molecule has 6 nitrogen and oxygen atoms in total. The third-order valence-electron chi connectivity index (χ3n) is 4.69. The van der Waals surface area contributed by atoms with Gasteiger partial charge >= 0.3 is 0 Å². The second-order valence-electron chi connectivity index (χ2n) is 7.75. The van der Waals surface area contributed by atoms with Gasteiger partial charge in [-0.3, -0.25) is 10.1 Å². The van der Waals surface area contributed by atoms with Crippen molar-refractivity contribution in [3.05, 3.63) is 69.8 Å². The van der Waals surface area contributed by atoms with Gasteiger partial charge in [-0.1, -0.05) is 49.5 Å². The topological polar surface area (TPSA) is 80.3 Å². The summed E-state index contributed by atoms with van der Waals surface area (Å²) in [6.45, 7) is 8.33. The highest BCUT2D eigenvalue weighted by atomic mass is 32.2. The van der Waals surface area contributed by atoms with Gasteiger partial charge in [0.2, 0.25) is 10.0 Å². The zero-order valence-corrected chi connectivity index (χ0v) is 17.0. The molecule has 8 heteroatoms. The van der Waals surface area contributed by atoms with Crippen molar-refractivity contribution >= 4 is 23.8 Å². The van der Waals surface area contributed by atoms with E-state index in [0.29, 0.717) is 0 Å². The average Bonchev–Trinajstić information content (AvgIpc) is 3.32. The number of sulfonamides is 1. The Morgan fingerprint density at radius 2 is 1.54 bits per heavy atom. The van der Waals surface area contributed by atoms with Gasteiger partial charge in [-0.2, -0.15) is 4.31 Å². The summed E-state index contributed by atoms with van der Waals surface area (Å²) in [6, 6.07) is 12.8. The summed E-state index contributed by atoms with van der Waals surface area (Å²) in [4.78, 5) is 10.7. The highest BCUT2D eigenvalue weighted by Crippen LogP contribution is 2.51. The first-order valence-corrected chi connectivity index (χ1v) is 13.4. The highest BCUT2D eigenvalue weighted by Gasteiger charge is 2.61. The number of rotatable bonds is 5. The molecule has 3 rings (SSSR count). The van der Waals surface area contributed by atoms with Gasteiger partial charge in [-0.05, 0) is 24.6 Å². The van der Waals surface area contributed by atoms with Crippen LogP contribution < -0.4 is 0 Å². The van der Waals surface area contributed by atoms with E-state index in [0.717, 1.165) is 11.1 Å². The van der Waals surface area contributed by atoms with Crippen LogP contribution in [0.3, 0.4) is 0 Å². The maximum atomic E-state index is 13.2. The van der Waals surface area contributed by atoms with Gasteiger partial charge in [-0.15, -0.1) is 0 Å². The number of hydrogen-bond donors (Lipinski definition) is 0. The van der Waals surface area contributed by atoms with Gasteiger partial charge < -0.3 is 0 Å². The molecule has 3 atom stereocenters. The standard InChI is InChI=1S/C18H22N2O4SSi/c1-13-5-11-16(12-6-13)25(23,24)19-17(18(19)26(2,3)4)14-7-9-15(10-8-14)20(21)22/h5-12,17-18H,1-4H3/t17-,18+,19?/m0/s1. The molecule has 0 spiro atoms. The third-order valence-corrected chi connectivity index (χ3v) is 9.12. The molecule has 1 aliphatic heterocycles. The van der Waals surface area contributed by atoms with Crippen LogP contribution in [0.5, 0.6) is 0 Å². The first-order valence-electron chi connectivity index (χ1n) is 8.38. The fourth-order valence-electron chi connectivity index (χ4n) is 3.32. The summed E-state index contributed by atoms with van der Waals surface area (Å²) in [6.07, 6.45) is 0. The first-order chi connectivity index (χ1) is 12.0. The van der Waals surface area contributed by atoms with Gasteiger partial charge in [0, 0.05) is 17.8 Å². The minimum Gasteiger partial charge on any atom is -0.258 e. The van der Waals surface area contributed by atoms with Crippen molar-refractivity contribution in [1.29, 1.82) is 0 Å². The number of nitrogens with zero attached hydrogens (tertiary/aromatic N) is 2. The van der Waals surface area contributed by atoms with Gasteiger partial charge in [0.1, 0.15) is 0 Å². The zero-order valence-electron chi connectivity index (χ0n) is 15.2. The normalized spacial score (nSPS) is 22.8. The molecular weight excluding hydrogens is 368 g/mol. The first kappa shape index (κ1) is 18.7. The molecular formula is C18H22N2O4SSi. The highest BCUT2D eigenvalue weighted by molar-refractivity contribution is 7.89. The van der Waals surface area contributed by atoms with Crippen LogP contribution in [-0.4, -0.2) is 31.4 Å². The lowest BCUT2D eigenvalue weighted by molar-refractivity contribution is -0.384. The van der Waals surface area contributed by atoms with Crippen molar-refractivity contribution < 1.29 is 13.3 Å². The van der Waals surface area contributed by atoms with E-state index in [1.54, 1.807) is 40.7 Å². The molecule has 0 bridgehead atoms. The molecule has 0 aromatic heterocycles. The van der Waals surface area contributed by atoms with E-state index in [9.17, 15) is 18.5 Å². The lowest BCUT2D eigenvalue weighted by Crippen LogP contribution is -2.33. The number of non-ortho nitro benzene ring substituents is 1. The van der Waals surface area contributed by atoms with E-state index in [4.69, 9.17) is 0 Å². The molecule has 1 unspecified atom stereocenters. The molecule has 26 heavy (non-hydrogen) atoms. The summed E-state index contributed by atoms with van der Waals surface area (Å²) >= 11 is 0. The number of nitro benzene ring substituents is 1. The molecule has 0 N–H and O–H groups in total. The lowest BCUT2D eigenvalue weighted by Gasteiger charge is -2.15. The van der Waals surface area contributed by atoms with E-state index >= 15 is 0 Å². The van der Waals surface area contributed by atoms with Crippen LogP contribution in [0.2, 0.25) is 19.6 Å². The zero-order chi connectivity index (χ0) is 19.3. The summed E-state index contributed by atoms with van der Waals surface area (Å²) in [7, 11) is -5.41. The lowest BCUT2D eigenvalue weighted by atomic mass is 10.1. The predicted octanol–water partition coefficient (Wildman–Crippen LogP) is 3.89. The Bertz CT molecular complexity index is 935. The second-order valence-corrected chi connectivity index (χ2v) is 14.9. The summed E-state index contributed by atoms with van der Waals surface area (Å²) in [5, 5.41) is 10.9. The van der Waals surface area contributed by atoms with Crippen molar-refractivity contribution in [2.75, 3.05) is 0 Å². The smallest absolute Gasteiger partial charge is 0.258 e. The number of nitro groups is 1. The van der Waals surface area contributed by atoms with Crippen LogP contribution in [0.4, 0.5) is 5.69 Å². The Hall–Kier alpha value is -2.03. The van der Waals surface area contributed by atoms with Crippen molar-refractivity contribution in [1.82, 2.24) is 4.31 Å². The van der Waals surface area contributed by atoms with E-state index in [-0.39, 0.29) is 22.3 Å². The van der Waals surface area contributed by atoms with Crippen LogP contribution >= 0.6 is 0 Å². The number of hydrogen-bond acceptors (Lipinski definition) is 4. The van der Waals surface area contributed by atoms with Gasteiger partial charge in [0.25, 0.3) is 5.69 Å². The van der Waals surface area contributed by atoms with Gasteiger partial charge in [0.15, 0.2) is 0 Å². The van der Waals surface area contributed by atoms with E-state index in [2.05, 4.69) is 19.6 Å².